The van der Waals surface area contributed by atoms with Crippen molar-refractivity contribution < 1.29 is 19.0 Å². The molecule has 174 valence electrons. The van der Waals surface area contributed by atoms with Crippen molar-refractivity contribution in [1.82, 2.24) is 9.80 Å². The van der Waals surface area contributed by atoms with Gasteiger partial charge in [-0.05, 0) is 54.2 Å². The van der Waals surface area contributed by atoms with Gasteiger partial charge in [-0.3, -0.25) is 4.79 Å². The lowest BCUT2D eigenvalue weighted by Gasteiger charge is -2.38. The Balaban J connectivity index is 1.67. The summed E-state index contributed by atoms with van der Waals surface area (Å²) < 4.78 is 19.1. The average molecular weight is 443 g/mol. The molecule has 2 aromatic rings. The average Bonchev–Trinajstić information content (AvgIpc) is 2.79. The molecule has 0 saturated carbocycles. The minimum Gasteiger partial charge on any atom is -0.493 e. The van der Waals surface area contributed by atoms with Gasteiger partial charge in [0.25, 0.3) is 0 Å². The Morgan fingerprint density at radius 3 is 2.31 bits per heavy atom. The molecule has 1 fully saturated rings. The van der Waals surface area contributed by atoms with Gasteiger partial charge in [-0.2, -0.15) is 0 Å². The molecule has 1 aliphatic heterocycles. The van der Waals surface area contributed by atoms with Crippen LogP contribution >= 0.6 is 0 Å². The molecule has 6 heteroatoms. The number of nitrogens with zero attached hydrogens (tertiary/aromatic N) is 2. The molecule has 1 N–H and O–H groups in total. The van der Waals surface area contributed by atoms with E-state index in [0.29, 0.717) is 32.0 Å². The van der Waals surface area contributed by atoms with Crippen LogP contribution in [-0.4, -0.2) is 59.7 Å². The number of aliphatic hydroxyl groups is 1. The van der Waals surface area contributed by atoms with Crippen molar-refractivity contribution in [1.29, 1.82) is 0 Å². The second kappa shape index (κ2) is 12.0. The highest BCUT2D eigenvalue weighted by Gasteiger charge is 2.28. The summed E-state index contributed by atoms with van der Waals surface area (Å²) in [5, 5.41) is 9.20. The molecule has 0 bridgehead atoms. The summed E-state index contributed by atoms with van der Waals surface area (Å²) in [6.07, 6.45) is 2.06. The van der Waals surface area contributed by atoms with Crippen LogP contribution in [0.5, 0.6) is 5.75 Å². The zero-order valence-electron chi connectivity index (χ0n) is 19.2. The predicted octanol–water partition coefficient (Wildman–Crippen LogP) is 3.89. The Labute approximate surface area is 190 Å². The normalized spacial score (nSPS) is 15.2. The third kappa shape index (κ3) is 7.31. The van der Waals surface area contributed by atoms with Crippen LogP contribution in [0.3, 0.4) is 0 Å². The summed E-state index contributed by atoms with van der Waals surface area (Å²) in [6.45, 7) is 7.90. The number of hydrogen-bond donors (Lipinski definition) is 1. The summed E-state index contributed by atoms with van der Waals surface area (Å²) >= 11 is 0. The van der Waals surface area contributed by atoms with Crippen molar-refractivity contribution in [2.45, 2.75) is 45.7 Å². The van der Waals surface area contributed by atoms with Crippen LogP contribution < -0.4 is 4.74 Å². The summed E-state index contributed by atoms with van der Waals surface area (Å²) in [7, 11) is 0. The molecule has 0 atom stereocenters. The first kappa shape index (κ1) is 24.2. The van der Waals surface area contributed by atoms with Gasteiger partial charge in [0.15, 0.2) is 0 Å². The molecular weight excluding hydrogens is 407 g/mol. The van der Waals surface area contributed by atoms with Crippen LogP contribution in [0.25, 0.3) is 0 Å². The van der Waals surface area contributed by atoms with E-state index in [2.05, 4.69) is 18.7 Å². The second-order valence-corrected chi connectivity index (χ2v) is 8.97. The lowest BCUT2D eigenvalue weighted by atomic mass is 10.0. The first-order valence-electron chi connectivity index (χ1n) is 11.5. The highest BCUT2D eigenvalue weighted by atomic mass is 19.1. The number of aliphatic hydroxyl groups excluding tert-OH is 1. The highest BCUT2D eigenvalue weighted by molar-refractivity contribution is 5.79. The second-order valence-electron chi connectivity index (χ2n) is 8.97. The quantitative estimate of drug-likeness (QED) is 0.607. The van der Waals surface area contributed by atoms with E-state index in [-0.39, 0.29) is 24.4 Å². The molecule has 0 aromatic heterocycles. The monoisotopic (exact) mass is 442 g/mol. The van der Waals surface area contributed by atoms with Gasteiger partial charge in [0.1, 0.15) is 11.6 Å². The maximum absolute atomic E-state index is 13.4. The van der Waals surface area contributed by atoms with Crippen molar-refractivity contribution in [2.24, 2.45) is 5.92 Å². The van der Waals surface area contributed by atoms with Crippen LogP contribution in [-0.2, 0) is 17.8 Å². The van der Waals surface area contributed by atoms with E-state index in [0.717, 1.165) is 42.8 Å². The maximum atomic E-state index is 13.4. The van der Waals surface area contributed by atoms with Crippen LogP contribution in [0.4, 0.5) is 4.39 Å². The fraction of sp³-hybridized carbons (Fsp3) is 0.500. The molecule has 0 radical (unpaired) electrons. The van der Waals surface area contributed by atoms with E-state index in [1.54, 1.807) is 12.1 Å². The standard InChI is InChI=1S/C26H35FN2O3/c1-20(2)19-32-25-9-5-21(6-10-25)17-26(31)29(18-22-3-7-23(27)8-4-22)24-11-13-28(14-12-24)15-16-30/h3-10,20,24,30H,11-19H2,1-2H3. The molecule has 1 heterocycles. The lowest BCUT2D eigenvalue weighted by Crippen LogP contribution is -2.48. The number of benzene rings is 2. The molecule has 0 aliphatic carbocycles. The van der Waals surface area contributed by atoms with Crippen LogP contribution in [0, 0.1) is 11.7 Å². The summed E-state index contributed by atoms with van der Waals surface area (Å²) in [6, 6.07) is 14.3. The summed E-state index contributed by atoms with van der Waals surface area (Å²) in [4.78, 5) is 17.5. The number of amides is 1. The number of carbonyl (C=O) groups excluding carboxylic acids is 1. The van der Waals surface area contributed by atoms with Crippen LogP contribution in [0.2, 0.25) is 0 Å². The molecule has 3 rings (SSSR count). The van der Waals surface area contributed by atoms with Gasteiger partial charge in [0.2, 0.25) is 5.91 Å². The van der Waals surface area contributed by atoms with Crippen molar-refractivity contribution in [3.63, 3.8) is 0 Å². The van der Waals surface area contributed by atoms with Crippen molar-refractivity contribution in [3.8, 4) is 5.75 Å². The van der Waals surface area contributed by atoms with E-state index in [1.165, 1.54) is 12.1 Å². The number of likely N-dealkylation sites (tertiary alicyclic amines) is 1. The van der Waals surface area contributed by atoms with Crippen LogP contribution in [0.1, 0.15) is 37.8 Å². The third-order valence-electron chi connectivity index (χ3n) is 5.86. The molecule has 0 unspecified atom stereocenters. The maximum Gasteiger partial charge on any atom is 0.227 e. The van der Waals surface area contributed by atoms with Gasteiger partial charge >= 0.3 is 0 Å². The number of rotatable bonds is 10. The van der Waals surface area contributed by atoms with Gasteiger partial charge in [0.05, 0.1) is 19.6 Å². The van der Waals surface area contributed by atoms with E-state index < -0.39 is 0 Å². The Morgan fingerprint density at radius 2 is 1.72 bits per heavy atom. The zero-order valence-corrected chi connectivity index (χ0v) is 19.2. The number of ether oxygens (including phenoxy) is 1. The van der Waals surface area contributed by atoms with Gasteiger partial charge in [0, 0.05) is 32.2 Å². The van der Waals surface area contributed by atoms with Crippen LogP contribution in [0.15, 0.2) is 48.5 Å². The van der Waals surface area contributed by atoms with E-state index in [4.69, 9.17) is 4.74 Å². The summed E-state index contributed by atoms with van der Waals surface area (Å²) in [5.41, 5.74) is 1.88. The molecule has 2 aromatic carbocycles. The predicted molar refractivity (Wildman–Crippen MR) is 124 cm³/mol. The number of β-amino-alcohol motifs (C(OH)–C–C–N with tert-alkyl or cyclic N) is 1. The lowest BCUT2D eigenvalue weighted by molar-refractivity contribution is -0.134. The first-order valence-corrected chi connectivity index (χ1v) is 11.5. The van der Waals surface area contributed by atoms with Gasteiger partial charge in [-0.1, -0.05) is 38.1 Å². The molecule has 1 aliphatic rings. The van der Waals surface area contributed by atoms with E-state index >= 15 is 0 Å². The molecule has 32 heavy (non-hydrogen) atoms. The Hall–Kier alpha value is -2.44. The number of halogens is 1. The SMILES string of the molecule is CC(C)COc1ccc(CC(=O)N(Cc2ccc(F)cc2)C2CCN(CCO)CC2)cc1. The number of piperidine rings is 1. The molecule has 1 amide bonds. The highest BCUT2D eigenvalue weighted by Crippen LogP contribution is 2.21. The van der Waals surface area contributed by atoms with Gasteiger partial charge in [-0.25, -0.2) is 4.39 Å². The van der Waals surface area contributed by atoms with Crippen molar-refractivity contribution >= 4 is 5.91 Å². The minimum absolute atomic E-state index is 0.0748. The molecule has 1 saturated heterocycles. The van der Waals surface area contributed by atoms with E-state index in [1.807, 2.05) is 29.2 Å². The topological polar surface area (TPSA) is 53.0 Å². The largest absolute Gasteiger partial charge is 0.493 e. The minimum atomic E-state index is -0.274. The third-order valence-corrected chi connectivity index (χ3v) is 5.86. The number of hydrogen-bond acceptors (Lipinski definition) is 4. The molecule has 0 spiro atoms. The van der Waals surface area contributed by atoms with Gasteiger partial charge < -0.3 is 19.6 Å². The smallest absolute Gasteiger partial charge is 0.227 e. The summed E-state index contributed by atoms with van der Waals surface area (Å²) in [5.74, 6) is 1.07. The Bertz CT molecular complexity index is 831. The van der Waals surface area contributed by atoms with Crippen molar-refractivity contribution in [2.75, 3.05) is 32.8 Å². The van der Waals surface area contributed by atoms with Gasteiger partial charge in [-0.15, -0.1) is 0 Å². The Kier molecular flexibility index (Phi) is 9.06. The van der Waals surface area contributed by atoms with E-state index in [9.17, 15) is 14.3 Å². The first-order chi connectivity index (χ1) is 15.4. The Morgan fingerprint density at radius 1 is 1.09 bits per heavy atom. The van der Waals surface area contributed by atoms with Crippen molar-refractivity contribution in [3.05, 3.63) is 65.5 Å². The fourth-order valence-corrected chi connectivity index (χ4v) is 4.05. The fourth-order valence-electron chi connectivity index (χ4n) is 4.05. The molecule has 5 nitrogen and oxygen atoms in total. The number of carbonyl (C=O) groups is 1. The zero-order chi connectivity index (χ0) is 22.9. The molecular formula is C26H35FN2O3.